The topological polar surface area (TPSA) is 110 Å². The van der Waals surface area contributed by atoms with Crippen molar-refractivity contribution in [1.82, 2.24) is 9.97 Å². The first kappa shape index (κ1) is 20.7. The van der Waals surface area contributed by atoms with E-state index in [2.05, 4.69) is 20.6 Å². The molecule has 2 aromatic heterocycles. The first-order valence-corrected chi connectivity index (χ1v) is 9.86. The van der Waals surface area contributed by atoms with Crippen LogP contribution >= 0.6 is 22.7 Å². The van der Waals surface area contributed by atoms with Crippen molar-refractivity contribution in [2.24, 2.45) is 5.73 Å². The minimum atomic E-state index is -4.43. The number of aromatic nitrogens is 2. The Kier molecular flexibility index (Phi) is 6.13. The molecular formula is C17H14F3N5O2S2. The van der Waals surface area contributed by atoms with E-state index in [4.69, 9.17) is 5.73 Å². The number of carbonyl (C=O) groups is 2. The van der Waals surface area contributed by atoms with Crippen molar-refractivity contribution in [3.05, 3.63) is 52.0 Å². The van der Waals surface area contributed by atoms with E-state index in [-0.39, 0.29) is 24.4 Å². The predicted molar refractivity (Wildman–Crippen MR) is 104 cm³/mol. The molecule has 0 fully saturated rings. The zero-order chi connectivity index (χ0) is 21.0. The summed E-state index contributed by atoms with van der Waals surface area (Å²) in [5.41, 5.74) is 5.50. The van der Waals surface area contributed by atoms with Gasteiger partial charge < -0.3 is 16.4 Å². The minimum Gasteiger partial charge on any atom is -0.369 e. The van der Waals surface area contributed by atoms with Crippen LogP contribution in [0.2, 0.25) is 0 Å². The normalized spacial score (nSPS) is 11.3. The summed E-state index contributed by atoms with van der Waals surface area (Å²) in [5.74, 6) is -0.877. The predicted octanol–water partition coefficient (Wildman–Crippen LogP) is 3.57. The number of thiazole rings is 2. The number of hydrogen-bond donors (Lipinski definition) is 3. The van der Waals surface area contributed by atoms with Gasteiger partial charge in [0.15, 0.2) is 10.3 Å². The molecule has 12 heteroatoms. The standard InChI is InChI=1S/C17H14F3N5O2S2/c18-17(19,20)9-2-1-3-10(4-9)22-15-24-12(8-28-15)6-14(27)25-16-23-11(7-29-16)5-13(21)26/h1-4,7-8H,5-6H2,(H2,21,26)(H,22,24)(H,23,25,27). The Bertz CT molecular complexity index is 1030. The number of carbonyl (C=O) groups excluding carboxylic acids is 2. The van der Waals surface area contributed by atoms with Crippen LogP contribution in [0.15, 0.2) is 35.0 Å². The number of rotatable bonds is 7. The molecule has 152 valence electrons. The lowest BCUT2D eigenvalue weighted by Crippen LogP contribution is -2.15. The Labute approximate surface area is 170 Å². The number of nitrogens with zero attached hydrogens (tertiary/aromatic N) is 2. The quantitative estimate of drug-likeness (QED) is 0.519. The molecule has 0 saturated heterocycles. The number of benzene rings is 1. The van der Waals surface area contributed by atoms with Crippen LogP contribution in [0.25, 0.3) is 0 Å². The average molecular weight is 441 g/mol. The second kappa shape index (κ2) is 8.57. The van der Waals surface area contributed by atoms with Gasteiger partial charge in [-0.2, -0.15) is 13.2 Å². The molecule has 29 heavy (non-hydrogen) atoms. The van der Waals surface area contributed by atoms with Crippen LogP contribution in [0.1, 0.15) is 17.0 Å². The SMILES string of the molecule is NC(=O)Cc1csc(NC(=O)Cc2csc(Nc3cccc(C(F)(F)F)c3)n2)n1. The van der Waals surface area contributed by atoms with E-state index in [0.717, 1.165) is 12.1 Å². The van der Waals surface area contributed by atoms with Crippen LogP contribution in [0.4, 0.5) is 29.1 Å². The summed E-state index contributed by atoms with van der Waals surface area (Å²) >= 11 is 2.34. The van der Waals surface area contributed by atoms with E-state index in [0.29, 0.717) is 21.7 Å². The molecule has 0 aliphatic heterocycles. The van der Waals surface area contributed by atoms with E-state index < -0.39 is 17.6 Å². The van der Waals surface area contributed by atoms with Gasteiger partial charge in [0.1, 0.15) is 0 Å². The van der Waals surface area contributed by atoms with Gasteiger partial charge in [0.25, 0.3) is 0 Å². The Hall–Kier alpha value is -2.99. The number of primary amides is 1. The molecule has 7 nitrogen and oxygen atoms in total. The Balaban J connectivity index is 1.58. The molecule has 4 N–H and O–H groups in total. The average Bonchev–Trinajstić information content (AvgIpc) is 3.23. The van der Waals surface area contributed by atoms with Crippen molar-refractivity contribution in [3.8, 4) is 0 Å². The molecule has 3 aromatic rings. The number of hydrogen-bond acceptors (Lipinski definition) is 7. The molecule has 0 saturated carbocycles. The third-order valence-corrected chi connectivity index (χ3v) is 5.10. The van der Waals surface area contributed by atoms with Crippen LogP contribution in [0.3, 0.4) is 0 Å². The largest absolute Gasteiger partial charge is 0.416 e. The van der Waals surface area contributed by atoms with E-state index in [1.807, 2.05) is 0 Å². The van der Waals surface area contributed by atoms with Crippen LogP contribution in [0, 0.1) is 0 Å². The number of anilines is 3. The van der Waals surface area contributed by atoms with Crippen molar-refractivity contribution >= 4 is 50.4 Å². The first-order chi connectivity index (χ1) is 13.7. The molecule has 0 aliphatic carbocycles. The van der Waals surface area contributed by atoms with Crippen LogP contribution in [-0.4, -0.2) is 21.8 Å². The second-order valence-electron chi connectivity index (χ2n) is 5.86. The highest BCUT2D eigenvalue weighted by atomic mass is 32.1. The summed E-state index contributed by atoms with van der Waals surface area (Å²) < 4.78 is 38.4. The molecule has 0 atom stereocenters. The van der Waals surface area contributed by atoms with Crippen molar-refractivity contribution in [1.29, 1.82) is 0 Å². The highest BCUT2D eigenvalue weighted by Crippen LogP contribution is 2.31. The summed E-state index contributed by atoms with van der Waals surface area (Å²) in [5, 5.41) is 9.37. The Morgan fingerprint density at radius 3 is 2.38 bits per heavy atom. The lowest BCUT2D eigenvalue weighted by Gasteiger charge is -2.08. The number of amides is 2. The molecular weight excluding hydrogens is 427 g/mol. The molecule has 0 unspecified atom stereocenters. The van der Waals surface area contributed by atoms with E-state index in [1.54, 1.807) is 10.8 Å². The fourth-order valence-corrected chi connectivity index (χ4v) is 3.75. The van der Waals surface area contributed by atoms with Crippen molar-refractivity contribution in [2.45, 2.75) is 19.0 Å². The number of nitrogens with two attached hydrogens (primary N) is 1. The first-order valence-electron chi connectivity index (χ1n) is 8.10. The summed E-state index contributed by atoms with van der Waals surface area (Å²) in [6.07, 6.45) is -4.48. The molecule has 0 bridgehead atoms. The van der Waals surface area contributed by atoms with Crippen molar-refractivity contribution in [3.63, 3.8) is 0 Å². The number of nitrogens with one attached hydrogen (secondary N) is 2. The van der Waals surface area contributed by atoms with E-state index >= 15 is 0 Å². The Morgan fingerprint density at radius 2 is 1.69 bits per heavy atom. The molecule has 0 aliphatic rings. The van der Waals surface area contributed by atoms with Crippen LogP contribution in [0.5, 0.6) is 0 Å². The number of halogens is 3. The maximum atomic E-state index is 12.8. The van der Waals surface area contributed by atoms with E-state index in [1.165, 1.54) is 34.8 Å². The zero-order valence-corrected chi connectivity index (χ0v) is 16.2. The summed E-state index contributed by atoms with van der Waals surface area (Å²) in [4.78, 5) is 31.3. The monoisotopic (exact) mass is 441 g/mol. The molecule has 2 amide bonds. The minimum absolute atomic E-state index is 0.0109. The van der Waals surface area contributed by atoms with Gasteiger partial charge in [-0.05, 0) is 18.2 Å². The fourth-order valence-electron chi connectivity index (χ4n) is 2.29. The van der Waals surface area contributed by atoms with Crippen molar-refractivity contribution in [2.75, 3.05) is 10.6 Å². The maximum Gasteiger partial charge on any atom is 0.416 e. The van der Waals surface area contributed by atoms with E-state index in [9.17, 15) is 22.8 Å². The third-order valence-electron chi connectivity index (χ3n) is 3.49. The summed E-state index contributed by atoms with van der Waals surface area (Å²) in [7, 11) is 0. The van der Waals surface area contributed by atoms with Gasteiger partial charge in [-0.15, -0.1) is 22.7 Å². The van der Waals surface area contributed by atoms with Gasteiger partial charge in [0.2, 0.25) is 11.8 Å². The third kappa shape index (κ3) is 5.99. The van der Waals surface area contributed by atoms with Crippen LogP contribution in [-0.2, 0) is 28.6 Å². The summed E-state index contributed by atoms with van der Waals surface area (Å²) in [6.45, 7) is 0. The highest BCUT2D eigenvalue weighted by molar-refractivity contribution is 7.14. The smallest absolute Gasteiger partial charge is 0.369 e. The molecule has 0 radical (unpaired) electrons. The summed E-state index contributed by atoms with van der Waals surface area (Å²) in [6, 6.07) is 4.76. The lowest BCUT2D eigenvalue weighted by molar-refractivity contribution is -0.137. The molecule has 0 spiro atoms. The Morgan fingerprint density at radius 1 is 1.03 bits per heavy atom. The molecule has 2 heterocycles. The van der Waals surface area contributed by atoms with Gasteiger partial charge in [-0.3, -0.25) is 9.59 Å². The van der Waals surface area contributed by atoms with Gasteiger partial charge in [0, 0.05) is 16.4 Å². The molecule has 1 aromatic carbocycles. The number of alkyl halides is 3. The molecule has 3 rings (SSSR count). The fraction of sp³-hybridized carbons (Fsp3) is 0.176. The van der Waals surface area contributed by atoms with Crippen molar-refractivity contribution < 1.29 is 22.8 Å². The van der Waals surface area contributed by atoms with Crippen LogP contribution < -0.4 is 16.4 Å². The van der Waals surface area contributed by atoms with Gasteiger partial charge in [-0.25, -0.2) is 9.97 Å². The van der Waals surface area contributed by atoms with Gasteiger partial charge >= 0.3 is 6.18 Å². The zero-order valence-electron chi connectivity index (χ0n) is 14.6. The van der Waals surface area contributed by atoms with Gasteiger partial charge in [0.05, 0.1) is 29.8 Å². The maximum absolute atomic E-state index is 12.8. The highest BCUT2D eigenvalue weighted by Gasteiger charge is 2.30. The lowest BCUT2D eigenvalue weighted by atomic mass is 10.2. The van der Waals surface area contributed by atoms with Gasteiger partial charge in [-0.1, -0.05) is 6.07 Å². The second-order valence-corrected chi connectivity index (χ2v) is 7.58.